The van der Waals surface area contributed by atoms with Crippen molar-refractivity contribution in [3.8, 4) is 17.6 Å². The van der Waals surface area contributed by atoms with Crippen molar-refractivity contribution in [3.63, 3.8) is 0 Å². The summed E-state index contributed by atoms with van der Waals surface area (Å²) in [6.07, 6.45) is 0. The van der Waals surface area contributed by atoms with Gasteiger partial charge in [0, 0.05) is 18.3 Å². The fraction of sp³-hybridized carbons (Fsp3) is 0.296. The molecule has 2 heterocycles. The fourth-order valence-electron chi connectivity index (χ4n) is 3.85. The van der Waals surface area contributed by atoms with E-state index in [1.54, 1.807) is 29.2 Å². The first-order valence-electron chi connectivity index (χ1n) is 11.6. The second-order valence-corrected chi connectivity index (χ2v) is 8.79. The molecule has 0 atom stereocenters. The normalized spacial score (nSPS) is 11.8. The molecule has 0 spiro atoms. The summed E-state index contributed by atoms with van der Waals surface area (Å²) in [6, 6.07) is 17.3. The van der Waals surface area contributed by atoms with Gasteiger partial charge in [0.25, 0.3) is 0 Å². The van der Waals surface area contributed by atoms with Crippen LogP contribution in [0.2, 0.25) is 0 Å². The molecule has 0 aliphatic carbocycles. The maximum atomic E-state index is 13.5. The summed E-state index contributed by atoms with van der Waals surface area (Å²) < 4.78 is 16.6. The standard InChI is InChI=1S/C27H28N4O5/c1-18(2)31(27(33)29-22-6-4-5-20(11-22)13-28)16-26(32)30(15-23-9-7-19(3)36-23)14-21-8-10-24-25(12-21)35-17-34-24/h4-12,18H,14-17H2,1-3H3,(H,29,33). The van der Waals surface area contributed by atoms with Gasteiger partial charge in [0.05, 0.1) is 18.2 Å². The summed E-state index contributed by atoms with van der Waals surface area (Å²) in [5.41, 5.74) is 1.79. The minimum absolute atomic E-state index is 0.133. The minimum atomic E-state index is -0.426. The van der Waals surface area contributed by atoms with Crippen LogP contribution in [-0.2, 0) is 17.9 Å². The molecule has 1 aliphatic heterocycles. The first-order chi connectivity index (χ1) is 17.3. The number of carbonyl (C=O) groups excluding carboxylic acids is 2. The highest BCUT2D eigenvalue weighted by molar-refractivity contribution is 5.92. The van der Waals surface area contributed by atoms with Crippen molar-refractivity contribution < 1.29 is 23.5 Å². The van der Waals surface area contributed by atoms with E-state index in [1.807, 2.05) is 51.1 Å². The molecule has 1 aromatic heterocycles. The molecule has 0 fully saturated rings. The van der Waals surface area contributed by atoms with Crippen LogP contribution in [0.25, 0.3) is 0 Å². The summed E-state index contributed by atoms with van der Waals surface area (Å²) in [5.74, 6) is 2.47. The van der Waals surface area contributed by atoms with Crippen molar-refractivity contribution in [2.75, 3.05) is 18.7 Å². The zero-order valence-corrected chi connectivity index (χ0v) is 20.5. The molecule has 4 rings (SSSR count). The zero-order valence-electron chi connectivity index (χ0n) is 20.5. The van der Waals surface area contributed by atoms with Gasteiger partial charge < -0.3 is 29.0 Å². The Kier molecular flexibility index (Phi) is 7.44. The molecule has 2 aromatic carbocycles. The highest BCUT2D eigenvalue weighted by atomic mass is 16.7. The molecule has 36 heavy (non-hydrogen) atoms. The van der Waals surface area contributed by atoms with E-state index >= 15 is 0 Å². The summed E-state index contributed by atoms with van der Waals surface area (Å²) >= 11 is 0. The van der Waals surface area contributed by atoms with Crippen molar-refractivity contribution in [1.29, 1.82) is 5.26 Å². The Balaban J connectivity index is 1.51. The number of nitrogens with zero attached hydrogens (tertiary/aromatic N) is 3. The van der Waals surface area contributed by atoms with Crippen LogP contribution in [0.4, 0.5) is 10.5 Å². The average Bonchev–Trinajstić information content (AvgIpc) is 3.49. The van der Waals surface area contributed by atoms with E-state index < -0.39 is 6.03 Å². The van der Waals surface area contributed by atoms with Crippen LogP contribution in [0.3, 0.4) is 0 Å². The van der Waals surface area contributed by atoms with Gasteiger partial charge in [-0.2, -0.15) is 5.26 Å². The molecule has 9 nitrogen and oxygen atoms in total. The SMILES string of the molecule is Cc1ccc(CN(Cc2ccc3c(c2)OCO3)C(=O)CN(C(=O)Nc2cccc(C#N)c2)C(C)C)o1. The number of ether oxygens (including phenoxy) is 2. The first-order valence-corrected chi connectivity index (χ1v) is 11.6. The molecule has 0 saturated heterocycles. The van der Waals surface area contributed by atoms with Crippen molar-refractivity contribution in [2.45, 2.75) is 39.9 Å². The van der Waals surface area contributed by atoms with Crippen molar-refractivity contribution in [2.24, 2.45) is 0 Å². The monoisotopic (exact) mass is 488 g/mol. The molecule has 186 valence electrons. The number of urea groups is 1. The number of carbonyl (C=O) groups is 2. The Morgan fingerprint density at radius 1 is 1.06 bits per heavy atom. The number of amides is 3. The van der Waals surface area contributed by atoms with E-state index in [0.717, 1.165) is 11.3 Å². The maximum absolute atomic E-state index is 13.5. The number of aryl methyl sites for hydroxylation is 1. The molecular formula is C27H28N4O5. The number of nitrogens with one attached hydrogen (secondary N) is 1. The third-order valence-corrected chi connectivity index (χ3v) is 5.74. The average molecular weight is 489 g/mol. The van der Waals surface area contributed by atoms with Gasteiger partial charge in [0.2, 0.25) is 12.7 Å². The molecule has 0 unspecified atom stereocenters. The Morgan fingerprint density at radius 3 is 2.58 bits per heavy atom. The van der Waals surface area contributed by atoms with E-state index in [4.69, 9.17) is 19.2 Å². The van der Waals surface area contributed by atoms with Gasteiger partial charge in [0.15, 0.2) is 11.5 Å². The lowest BCUT2D eigenvalue weighted by molar-refractivity contribution is -0.133. The van der Waals surface area contributed by atoms with E-state index in [1.165, 1.54) is 4.90 Å². The van der Waals surface area contributed by atoms with Gasteiger partial charge in [-0.25, -0.2) is 4.79 Å². The van der Waals surface area contributed by atoms with Crippen molar-refractivity contribution in [1.82, 2.24) is 9.80 Å². The van der Waals surface area contributed by atoms with Gasteiger partial charge in [-0.15, -0.1) is 0 Å². The van der Waals surface area contributed by atoms with Crippen LogP contribution in [0.15, 0.2) is 59.0 Å². The number of anilines is 1. The van der Waals surface area contributed by atoms with Gasteiger partial charge in [0.1, 0.15) is 18.1 Å². The summed E-state index contributed by atoms with van der Waals surface area (Å²) in [7, 11) is 0. The van der Waals surface area contributed by atoms with Crippen LogP contribution >= 0.6 is 0 Å². The Bertz CT molecular complexity index is 1290. The second-order valence-electron chi connectivity index (χ2n) is 8.79. The van der Waals surface area contributed by atoms with E-state index in [0.29, 0.717) is 35.1 Å². The molecule has 3 amide bonds. The van der Waals surface area contributed by atoms with Crippen molar-refractivity contribution in [3.05, 3.63) is 77.2 Å². The number of furan rings is 1. The number of hydrogen-bond donors (Lipinski definition) is 1. The lowest BCUT2D eigenvalue weighted by atomic mass is 10.1. The van der Waals surface area contributed by atoms with Crippen LogP contribution in [0.1, 0.15) is 36.5 Å². The summed E-state index contributed by atoms with van der Waals surface area (Å²) in [6.45, 7) is 6.12. The predicted octanol–water partition coefficient (Wildman–Crippen LogP) is 4.66. The highest BCUT2D eigenvalue weighted by Crippen LogP contribution is 2.33. The first kappa shape index (κ1) is 24.7. The largest absolute Gasteiger partial charge is 0.464 e. The number of fused-ring (bicyclic) bond motifs is 1. The predicted molar refractivity (Wildman–Crippen MR) is 132 cm³/mol. The smallest absolute Gasteiger partial charge is 0.322 e. The van der Waals surface area contributed by atoms with Crippen molar-refractivity contribution >= 4 is 17.6 Å². The molecule has 1 N–H and O–H groups in total. The Hall–Kier alpha value is -4.45. The summed E-state index contributed by atoms with van der Waals surface area (Å²) in [4.78, 5) is 29.7. The van der Waals surface area contributed by atoms with Crippen LogP contribution < -0.4 is 14.8 Å². The topological polar surface area (TPSA) is 108 Å². The second kappa shape index (κ2) is 10.9. The summed E-state index contributed by atoms with van der Waals surface area (Å²) in [5, 5.41) is 11.9. The number of benzene rings is 2. The number of hydrogen-bond acceptors (Lipinski definition) is 6. The van der Waals surface area contributed by atoms with E-state index in [-0.39, 0.29) is 31.8 Å². The maximum Gasteiger partial charge on any atom is 0.322 e. The third kappa shape index (κ3) is 5.96. The molecule has 3 aromatic rings. The number of nitriles is 1. The fourth-order valence-corrected chi connectivity index (χ4v) is 3.85. The van der Waals surface area contributed by atoms with Crippen LogP contribution in [0, 0.1) is 18.3 Å². The quantitative estimate of drug-likeness (QED) is 0.494. The van der Waals surface area contributed by atoms with Gasteiger partial charge in [-0.3, -0.25) is 4.79 Å². The Labute approximate surface area is 209 Å². The lowest BCUT2D eigenvalue weighted by Crippen LogP contribution is -2.47. The van der Waals surface area contributed by atoms with Gasteiger partial charge >= 0.3 is 6.03 Å². The highest BCUT2D eigenvalue weighted by Gasteiger charge is 2.25. The molecular weight excluding hydrogens is 460 g/mol. The molecule has 0 saturated carbocycles. The number of rotatable bonds is 8. The molecule has 9 heteroatoms. The van der Waals surface area contributed by atoms with E-state index in [9.17, 15) is 9.59 Å². The molecule has 1 aliphatic rings. The molecule has 0 radical (unpaired) electrons. The van der Waals surface area contributed by atoms with Crippen LogP contribution in [-0.4, -0.2) is 41.1 Å². The van der Waals surface area contributed by atoms with Gasteiger partial charge in [-0.1, -0.05) is 12.1 Å². The third-order valence-electron chi connectivity index (χ3n) is 5.74. The zero-order chi connectivity index (χ0) is 25.7. The van der Waals surface area contributed by atoms with Crippen LogP contribution in [0.5, 0.6) is 11.5 Å². The van der Waals surface area contributed by atoms with Gasteiger partial charge in [-0.05, 0) is 68.8 Å². The Morgan fingerprint density at radius 2 is 1.86 bits per heavy atom. The lowest BCUT2D eigenvalue weighted by Gasteiger charge is -2.30. The minimum Gasteiger partial charge on any atom is -0.464 e. The van der Waals surface area contributed by atoms with E-state index in [2.05, 4.69) is 11.4 Å². The molecule has 0 bridgehead atoms.